The molecular weight excluding hydrogens is 322 g/mol. The number of methoxy groups -OCH3 is 2. The van der Waals surface area contributed by atoms with E-state index in [1.165, 1.54) is 14.2 Å². The fourth-order valence-electron chi connectivity index (χ4n) is 2.99. The molecule has 0 saturated heterocycles. The molecular formula is C19H31NO5. The zero-order chi connectivity index (χ0) is 18.8. The van der Waals surface area contributed by atoms with Crippen LogP contribution in [0.2, 0.25) is 0 Å². The van der Waals surface area contributed by atoms with Crippen LogP contribution in [-0.4, -0.2) is 30.1 Å². The minimum Gasteiger partial charge on any atom is -0.503 e. The number of H-pyrrole nitrogens is 1. The molecule has 0 saturated carbocycles. The first-order chi connectivity index (χ1) is 12.0. The van der Waals surface area contributed by atoms with Crippen LogP contribution in [0, 0.1) is 5.92 Å². The van der Waals surface area contributed by atoms with Crippen LogP contribution in [-0.2, 0) is 0 Å². The molecule has 0 aliphatic heterocycles. The summed E-state index contributed by atoms with van der Waals surface area (Å²) in [5.74, 6) is -1.03. The standard InChI is InChI=1S/C19H31NO5/c1-5-7-9-10-12-13(11-8-6-2)15(21)14-16(22)17(24-3)19(25-4)20-18(14)23/h13H,5-12H2,1-4H3,(H2,20,22,23). The Balaban J connectivity index is 3.12. The first kappa shape index (κ1) is 21.1. The lowest BCUT2D eigenvalue weighted by molar-refractivity contribution is 0.0896. The van der Waals surface area contributed by atoms with Crippen LogP contribution in [0.3, 0.4) is 0 Å². The van der Waals surface area contributed by atoms with Crippen molar-refractivity contribution in [2.75, 3.05) is 14.2 Å². The summed E-state index contributed by atoms with van der Waals surface area (Å²) in [6.07, 6.45) is 7.62. The summed E-state index contributed by atoms with van der Waals surface area (Å²) < 4.78 is 10.1. The number of carbonyl (C=O) groups excluding carboxylic acids is 1. The number of hydrogen-bond acceptors (Lipinski definition) is 5. The van der Waals surface area contributed by atoms with Crippen LogP contribution in [0.5, 0.6) is 17.4 Å². The molecule has 1 aromatic rings. The SMILES string of the molecule is CCCCCCC(CCCC)C(=O)c1c(O)c(OC)c(OC)[nH]c1=O. The Morgan fingerprint density at radius 1 is 1.04 bits per heavy atom. The molecule has 2 N–H and O–H groups in total. The second-order valence-corrected chi connectivity index (χ2v) is 6.30. The van der Waals surface area contributed by atoms with Gasteiger partial charge in [-0.25, -0.2) is 0 Å². The molecule has 0 spiro atoms. The third-order valence-corrected chi connectivity index (χ3v) is 4.45. The summed E-state index contributed by atoms with van der Waals surface area (Å²) in [7, 11) is 2.70. The van der Waals surface area contributed by atoms with Crippen LogP contribution in [0.25, 0.3) is 0 Å². The quantitative estimate of drug-likeness (QED) is 0.437. The van der Waals surface area contributed by atoms with Gasteiger partial charge in [0, 0.05) is 5.92 Å². The summed E-state index contributed by atoms with van der Waals surface area (Å²) in [6.45, 7) is 4.21. The van der Waals surface area contributed by atoms with E-state index in [0.29, 0.717) is 6.42 Å². The molecule has 1 atom stereocenters. The number of aromatic hydroxyl groups is 1. The monoisotopic (exact) mass is 353 g/mol. The van der Waals surface area contributed by atoms with Crippen molar-refractivity contribution in [3.63, 3.8) is 0 Å². The molecule has 25 heavy (non-hydrogen) atoms. The van der Waals surface area contributed by atoms with Gasteiger partial charge in [0.15, 0.2) is 11.5 Å². The van der Waals surface area contributed by atoms with Crippen molar-refractivity contribution in [2.24, 2.45) is 5.92 Å². The molecule has 1 rings (SSSR count). The maximum atomic E-state index is 12.9. The van der Waals surface area contributed by atoms with E-state index in [4.69, 9.17) is 9.47 Å². The van der Waals surface area contributed by atoms with Crippen molar-refractivity contribution in [3.05, 3.63) is 15.9 Å². The number of nitrogens with one attached hydrogen (secondary N) is 1. The molecule has 6 heteroatoms. The van der Waals surface area contributed by atoms with Crippen LogP contribution in [0.1, 0.15) is 75.6 Å². The Kier molecular flexibility index (Phi) is 9.10. The van der Waals surface area contributed by atoms with E-state index in [1.807, 2.05) is 0 Å². The van der Waals surface area contributed by atoms with Gasteiger partial charge in [-0.05, 0) is 12.8 Å². The average Bonchev–Trinajstić information content (AvgIpc) is 2.60. The van der Waals surface area contributed by atoms with Crippen molar-refractivity contribution >= 4 is 5.78 Å². The number of carbonyl (C=O) groups is 1. The first-order valence-electron chi connectivity index (χ1n) is 9.13. The maximum absolute atomic E-state index is 12.9. The summed E-state index contributed by atoms with van der Waals surface area (Å²) in [4.78, 5) is 27.7. The van der Waals surface area contributed by atoms with Crippen molar-refractivity contribution in [1.82, 2.24) is 4.98 Å². The zero-order valence-corrected chi connectivity index (χ0v) is 15.8. The average molecular weight is 353 g/mol. The summed E-state index contributed by atoms with van der Waals surface area (Å²) in [6, 6.07) is 0. The number of hydrogen-bond donors (Lipinski definition) is 2. The minimum atomic E-state index is -0.643. The molecule has 1 heterocycles. The van der Waals surface area contributed by atoms with Gasteiger partial charge in [0.2, 0.25) is 11.6 Å². The number of Topliss-reactive ketones (excluding diaryl/α,β-unsaturated/α-hetero) is 1. The molecule has 0 fully saturated rings. The van der Waals surface area contributed by atoms with Gasteiger partial charge in [0.25, 0.3) is 5.56 Å². The normalized spacial score (nSPS) is 12.0. The van der Waals surface area contributed by atoms with Crippen LogP contribution in [0.15, 0.2) is 4.79 Å². The highest BCUT2D eigenvalue weighted by molar-refractivity contribution is 6.00. The molecule has 0 aromatic carbocycles. The van der Waals surface area contributed by atoms with E-state index < -0.39 is 11.3 Å². The fourth-order valence-corrected chi connectivity index (χ4v) is 2.99. The largest absolute Gasteiger partial charge is 0.503 e. The van der Waals surface area contributed by atoms with Crippen LogP contribution < -0.4 is 15.0 Å². The van der Waals surface area contributed by atoms with Gasteiger partial charge in [-0.15, -0.1) is 0 Å². The fraction of sp³-hybridized carbons (Fsp3) is 0.684. The molecule has 0 amide bonds. The van der Waals surface area contributed by atoms with E-state index in [9.17, 15) is 14.7 Å². The van der Waals surface area contributed by atoms with E-state index in [1.54, 1.807) is 0 Å². The van der Waals surface area contributed by atoms with Crippen molar-refractivity contribution in [2.45, 2.75) is 65.2 Å². The molecule has 1 unspecified atom stereocenters. The number of ketones is 1. The van der Waals surface area contributed by atoms with Gasteiger partial charge in [0.05, 0.1) is 14.2 Å². The maximum Gasteiger partial charge on any atom is 0.265 e. The minimum absolute atomic E-state index is 0.00889. The molecule has 0 aliphatic carbocycles. The molecule has 6 nitrogen and oxygen atoms in total. The topological polar surface area (TPSA) is 88.6 Å². The highest BCUT2D eigenvalue weighted by atomic mass is 16.5. The number of unbranched alkanes of at least 4 members (excludes halogenated alkanes) is 4. The summed E-state index contributed by atoms with van der Waals surface area (Å²) >= 11 is 0. The zero-order valence-electron chi connectivity index (χ0n) is 15.8. The van der Waals surface area contributed by atoms with E-state index in [2.05, 4.69) is 18.8 Å². The lowest BCUT2D eigenvalue weighted by Gasteiger charge is -2.17. The second-order valence-electron chi connectivity index (χ2n) is 6.30. The van der Waals surface area contributed by atoms with Gasteiger partial charge < -0.3 is 14.6 Å². The summed E-state index contributed by atoms with van der Waals surface area (Å²) in [5.41, 5.74) is -0.871. The van der Waals surface area contributed by atoms with Crippen molar-refractivity contribution < 1.29 is 19.4 Å². The van der Waals surface area contributed by atoms with E-state index in [-0.39, 0.29) is 28.9 Å². The highest BCUT2D eigenvalue weighted by Gasteiger charge is 2.28. The van der Waals surface area contributed by atoms with E-state index in [0.717, 1.165) is 44.9 Å². The number of pyridine rings is 1. The van der Waals surface area contributed by atoms with Crippen molar-refractivity contribution in [3.8, 4) is 17.4 Å². The number of aromatic nitrogens is 1. The Morgan fingerprint density at radius 2 is 1.68 bits per heavy atom. The van der Waals surface area contributed by atoms with Gasteiger partial charge in [-0.2, -0.15) is 0 Å². The van der Waals surface area contributed by atoms with Gasteiger partial charge in [0.1, 0.15) is 5.56 Å². The molecule has 0 radical (unpaired) electrons. The predicted molar refractivity (Wildman–Crippen MR) is 97.9 cm³/mol. The van der Waals surface area contributed by atoms with E-state index >= 15 is 0 Å². The van der Waals surface area contributed by atoms with Crippen LogP contribution in [0.4, 0.5) is 0 Å². The Labute approximate surface area is 149 Å². The third-order valence-electron chi connectivity index (χ3n) is 4.45. The lowest BCUT2D eigenvalue weighted by Crippen LogP contribution is -2.25. The Hall–Kier alpha value is -1.98. The second kappa shape index (κ2) is 10.8. The predicted octanol–water partition coefficient (Wildman–Crippen LogP) is 4.06. The number of rotatable bonds is 12. The molecule has 142 valence electrons. The smallest absolute Gasteiger partial charge is 0.265 e. The molecule has 0 aliphatic rings. The molecule has 1 aromatic heterocycles. The van der Waals surface area contributed by atoms with Gasteiger partial charge in [-0.3, -0.25) is 14.6 Å². The number of aromatic amines is 1. The first-order valence-corrected chi connectivity index (χ1v) is 9.13. The molecule has 0 bridgehead atoms. The van der Waals surface area contributed by atoms with Gasteiger partial charge in [-0.1, -0.05) is 52.4 Å². The number of ether oxygens (including phenoxy) is 2. The third kappa shape index (κ3) is 5.51. The van der Waals surface area contributed by atoms with Crippen molar-refractivity contribution in [1.29, 1.82) is 0 Å². The Bertz CT molecular complexity index is 609. The summed E-state index contributed by atoms with van der Waals surface area (Å²) in [5, 5.41) is 10.4. The lowest BCUT2D eigenvalue weighted by atomic mass is 9.88. The van der Waals surface area contributed by atoms with Crippen LogP contribution >= 0.6 is 0 Å². The highest BCUT2D eigenvalue weighted by Crippen LogP contribution is 2.36. The Morgan fingerprint density at radius 3 is 2.24 bits per heavy atom. The van der Waals surface area contributed by atoms with Gasteiger partial charge >= 0.3 is 0 Å².